The Labute approximate surface area is 147 Å². The maximum atomic E-state index is 5.81. The lowest BCUT2D eigenvalue weighted by Gasteiger charge is -2.13. The van der Waals surface area contributed by atoms with Crippen LogP contribution in [0.1, 0.15) is 11.1 Å². The van der Waals surface area contributed by atoms with E-state index >= 15 is 0 Å². The molecule has 0 unspecified atom stereocenters. The van der Waals surface area contributed by atoms with Gasteiger partial charge in [0, 0.05) is 11.1 Å². The van der Waals surface area contributed by atoms with Crippen LogP contribution < -0.4 is 0 Å². The van der Waals surface area contributed by atoms with Crippen LogP contribution in [0.3, 0.4) is 0 Å². The second-order valence-electron chi connectivity index (χ2n) is 4.15. The number of benzene rings is 2. The summed E-state index contributed by atoms with van der Waals surface area (Å²) in [5.41, 5.74) is 3.20. The largest absolute Gasteiger partial charge is 0.216 e. The molecule has 0 radical (unpaired) electrons. The summed E-state index contributed by atoms with van der Waals surface area (Å²) < 4.78 is -2.84. The number of alkyl halides is 6. The van der Waals surface area contributed by atoms with Gasteiger partial charge in [0.25, 0.3) is 0 Å². The van der Waals surface area contributed by atoms with E-state index in [4.69, 9.17) is 69.6 Å². The van der Waals surface area contributed by atoms with Crippen LogP contribution in [0.25, 0.3) is 11.1 Å². The van der Waals surface area contributed by atoms with Crippen LogP contribution in [-0.2, 0) is 7.59 Å². The van der Waals surface area contributed by atoms with Gasteiger partial charge in [-0.1, -0.05) is 118 Å². The molecule has 2 aromatic rings. The van der Waals surface area contributed by atoms with Crippen LogP contribution in [-0.4, -0.2) is 0 Å². The fourth-order valence-corrected chi connectivity index (χ4v) is 2.46. The predicted molar refractivity (Wildman–Crippen MR) is 90.4 cm³/mol. The Morgan fingerprint density at radius 1 is 0.450 bits per heavy atom. The molecule has 0 aromatic heterocycles. The van der Waals surface area contributed by atoms with Crippen LogP contribution in [0.4, 0.5) is 0 Å². The van der Waals surface area contributed by atoms with E-state index in [-0.39, 0.29) is 0 Å². The first-order valence-electron chi connectivity index (χ1n) is 5.53. The van der Waals surface area contributed by atoms with Crippen molar-refractivity contribution in [1.82, 2.24) is 0 Å². The fraction of sp³-hybridized carbons (Fsp3) is 0.143. The molecule has 0 heterocycles. The minimum absolute atomic E-state index is 0.615. The molecule has 2 aromatic carbocycles. The zero-order chi connectivity index (χ0) is 15.0. The Bertz CT molecular complexity index is 520. The third-order valence-electron chi connectivity index (χ3n) is 2.76. The van der Waals surface area contributed by atoms with Gasteiger partial charge in [-0.3, -0.25) is 0 Å². The van der Waals surface area contributed by atoms with E-state index in [2.05, 4.69) is 0 Å². The highest BCUT2D eigenvalue weighted by molar-refractivity contribution is 6.67. The van der Waals surface area contributed by atoms with Crippen molar-refractivity contribution in [1.29, 1.82) is 0 Å². The number of hydrogen-bond acceptors (Lipinski definition) is 0. The summed E-state index contributed by atoms with van der Waals surface area (Å²) in [5, 5.41) is 0. The van der Waals surface area contributed by atoms with Gasteiger partial charge < -0.3 is 0 Å². The van der Waals surface area contributed by atoms with E-state index in [0.29, 0.717) is 11.1 Å². The van der Waals surface area contributed by atoms with Crippen molar-refractivity contribution in [2.75, 3.05) is 0 Å². The SMILES string of the molecule is ClC(Cl)(Cl)c1ccc(-c2ccc(C(Cl)(Cl)Cl)cc2)cc1. The van der Waals surface area contributed by atoms with Crippen molar-refractivity contribution >= 4 is 69.6 Å². The van der Waals surface area contributed by atoms with Gasteiger partial charge >= 0.3 is 0 Å². The molecule has 0 saturated carbocycles. The van der Waals surface area contributed by atoms with Gasteiger partial charge in [-0.25, -0.2) is 0 Å². The molecule has 0 bridgehead atoms. The molecule has 0 nitrogen and oxygen atoms in total. The molecule has 0 N–H and O–H groups in total. The van der Waals surface area contributed by atoms with E-state index in [1.54, 1.807) is 24.3 Å². The summed E-state index contributed by atoms with van der Waals surface area (Å²) in [5.74, 6) is 0. The predicted octanol–water partition coefficient (Wildman–Crippen LogP) is 7.01. The summed E-state index contributed by atoms with van der Waals surface area (Å²) in [6, 6.07) is 14.6. The molecular formula is C14H8Cl6. The quantitative estimate of drug-likeness (QED) is 0.461. The Balaban J connectivity index is 2.29. The zero-order valence-corrected chi connectivity index (χ0v) is 14.4. The minimum atomic E-state index is -1.42. The Hall–Kier alpha value is 0.180. The smallest absolute Gasteiger partial charge is 0.0784 e. The molecule has 0 aliphatic rings. The van der Waals surface area contributed by atoms with Gasteiger partial charge in [-0.2, -0.15) is 0 Å². The number of hydrogen-bond donors (Lipinski definition) is 0. The van der Waals surface area contributed by atoms with Crippen LogP contribution in [0.15, 0.2) is 48.5 Å². The van der Waals surface area contributed by atoms with E-state index in [0.717, 1.165) is 11.1 Å². The molecular weight excluding hydrogens is 381 g/mol. The maximum absolute atomic E-state index is 5.81. The Morgan fingerprint density at radius 2 is 0.700 bits per heavy atom. The van der Waals surface area contributed by atoms with E-state index < -0.39 is 7.59 Å². The fourth-order valence-electron chi connectivity index (χ4n) is 1.70. The van der Waals surface area contributed by atoms with Crippen molar-refractivity contribution in [3.63, 3.8) is 0 Å². The summed E-state index contributed by atoms with van der Waals surface area (Å²) in [7, 11) is 0. The van der Waals surface area contributed by atoms with E-state index in [1.165, 1.54) is 0 Å². The highest BCUT2D eigenvalue weighted by Gasteiger charge is 2.23. The topological polar surface area (TPSA) is 0 Å². The summed E-state index contributed by atoms with van der Waals surface area (Å²) >= 11 is 34.9. The highest BCUT2D eigenvalue weighted by atomic mass is 35.6. The zero-order valence-electron chi connectivity index (χ0n) is 9.89. The third-order valence-corrected chi connectivity index (χ3v) is 4.07. The molecule has 6 heteroatoms. The van der Waals surface area contributed by atoms with Gasteiger partial charge in [0.15, 0.2) is 0 Å². The molecule has 0 aliphatic carbocycles. The lowest BCUT2D eigenvalue weighted by atomic mass is 10.0. The average Bonchev–Trinajstić information content (AvgIpc) is 2.37. The molecule has 0 aliphatic heterocycles. The average molecular weight is 389 g/mol. The van der Waals surface area contributed by atoms with Gasteiger partial charge in [-0.05, 0) is 11.1 Å². The Kier molecular flexibility index (Phi) is 5.07. The first-order valence-corrected chi connectivity index (χ1v) is 7.79. The van der Waals surface area contributed by atoms with Crippen molar-refractivity contribution < 1.29 is 0 Å². The molecule has 0 fully saturated rings. The summed E-state index contributed by atoms with van der Waals surface area (Å²) in [4.78, 5) is 0. The van der Waals surface area contributed by atoms with E-state index in [1.807, 2.05) is 24.3 Å². The highest BCUT2D eigenvalue weighted by Crippen LogP contribution is 2.40. The second-order valence-corrected chi connectivity index (χ2v) is 8.71. The maximum Gasteiger partial charge on any atom is 0.216 e. The molecule has 106 valence electrons. The van der Waals surface area contributed by atoms with Gasteiger partial charge in [0.2, 0.25) is 7.59 Å². The van der Waals surface area contributed by atoms with Crippen molar-refractivity contribution in [2.45, 2.75) is 7.59 Å². The normalized spacial score (nSPS) is 12.5. The van der Waals surface area contributed by atoms with Gasteiger partial charge in [-0.15, -0.1) is 0 Å². The first-order chi connectivity index (χ1) is 9.18. The van der Waals surface area contributed by atoms with Crippen molar-refractivity contribution in [3.05, 3.63) is 59.7 Å². The van der Waals surface area contributed by atoms with Crippen molar-refractivity contribution in [3.8, 4) is 11.1 Å². The van der Waals surface area contributed by atoms with Crippen LogP contribution in [0, 0.1) is 0 Å². The van der Waals surface area contributed by atoms with Gasteiger partial charge in [0.05, 0.1) is 0 Å². The number of rotatable bonds is 1. The van der Waals surface area contributed by atoms with Crippen LogP contribution >= 0.6 is 69.6 Å². The molecule has 2 rings (SSSR count). The first kappa shape index (κ1) is 16.5. The molecule has 0 atom stereocenters. The van der Waals surface area contributed by atoms with E-state index in [9.17, 15) is 0 Å². The Morgan fingerprint density at radius 3 is 0.900 bits per heavy atom. The standard InChI is InChI=1S/C14H8Cl6/c15-13(16,17)11-5-1-9(2-6-11)10-3-7-12(8-4-10)14(18,19)20/h1-8H. The number of halogens is 6. The summed E-state index contributed by atoms with van der Waals surface area (Å²) in [6.07, 6.45) is 0. The molecule has 0 spiro atoms. The molecule has 20 heavy (non-hydrogen) atoms. The summed E-state index contributed by atoms with van der Waals surface area (Å²) in [6.45, 7) is 0. The van der Waals surface area contributed by atoms with Crippen molar-refractivity contribution in [2.24, 2.45) is 0 Å². The third kappa shape index (κ3) is 4.10. The van der Waals surface area contributed by atoms with Crippen LogP contribution in [0.2, 0.25) is 0 Å². The molecule has 0 saturated heterocycles. The van der Waals surface area contributed by atoms with Crippen LogP contribution in [0.5, 0.6) is 0 Å². The second kappa shape index (κ2) is 6.12. The molecule has 0 amide bonds. The monoisotopic (exact) mass is 386 g/mol. The lowest BCUT2D eigenvalue weighted by molar-refractivity contribution is 1.24. The minimum Gasteiger partial charge on any atom is -0.0784 e. The lowest BCUT2D eigenvalue weighted by Crippen LogP contribution is -2.00. The van der Waals surface area contributed by atoms with Gasteiger partial charge in [0.1, 0.15) is 0 Å².